The van der Waals surface area contributed by atoms with Crippen LogP contribution in [0.4, 0.5) is 23.2 Å². The van der Waals surface area contributed by atoms with Crippen molar-refractivity contribution in [3.63, 3.8) is 0 Å². The Morgan fingerprint density at radius 3 is 2.19 bits per heavy atom. The summed E-state index contributed by atoms with van der Waals surface area (Å²) in [6.07, 6.45) is -4.71. The van der Waals surface area contributed by atoms with Gasteiger partial charge in [0, 0.05) is 16.8 Å². The summed E-state index contributed by atoms with van der Waals surface area (Å²) in [6, 6.07) is 13.1. The molecule has 1 aliphatic rings. The molecule has 0 radical (unpaired) electrons. The third-order valence-corrected chi connectivity index (χ3v) is 6.45. The first-order valence-corrected chi connectivity index (χ1v) is 11.6. The lowest BCUT2D eigenvalue weighted by atomic mass is 9.84. The van der Waals surface area contributed by atoms with Gasteiger partial charge in [-0.15, -0.1) is 0 Å². The van der Waals surface area contributed by atoms with Crippen LogP contribution in [-0.4, -0.2) is 16.8 Å². The molecule has 0 aromatic heterocycles. The van der Waals surface area contributed by atoms with Gasteiger partial charge in [-0.2, -0.15) is 13.2 Å². The number of Topliss-reactive ketones (excluding diaryl/α,β-unsaturated/α-hetero) is 1. The molecule has 3 aromatic carbocycles. The number of alkyl halides is 3. The first kappa shape index (κ1) is 26.1. The van der Waals surface area contributed by atoms with Crippen LogP contribution in [0.15, 0.2) is 72.3 Å². The Labute approximate surface area is 211 Å². The number of carbonyl (C=O) groups excluding carboxylic acids is 2. The van der Waals surface area contributed by atoms with E-state index in [1.807, 2.05) is 26.8 Å². The number of halogens is 4. The third-order valence-electron chi connectivity index (χ3n) is 6.45. The minimum Gasteiger partial charge on any atom is -0.507 e. The second kappa shape index (κ2) is 9.18. The Balaban J connectivity index is 2.01. The second-order valence-electron chi connectivity index (χ2n) is 10.0. The average Bonchev–Trinajstić information content (AvgIpc) is 3.08. The van der Waals surface area contributed by atoms with Crippen LogP contribution in [0.25, 0.3) is 5.76 Å². The van der Waals surface area contributed by atoms with Crippen molar-refractivity contribution >= 4 is 23.1 Å². The van der Waals surface area contributed by atoms with E-state index in [0.29, 0.717) is 5.56 Å². The maximum atomic E-state index is 15.1. The van der Waals surface area contributed by atoms with Crippen LogP contribution in [0.1, 0.15) is 54.6 Å². The molecule has 1 fully saturated rings. The van der Waals surface area contributed by atoms with Crippen molar-refractivity contribution in [2.24, 2.45) is 0 Å². The maximum Gasteiger partial charge on any atom is 0.416 e. The largest absolute Gasteiger partial charge is 0.507 e. The molecule has 0 aliphatic carbocycles. The summed E-state index contributed by atoms with van der Waals surface area (Å²) in [4.78, 5) is 27.4. The molecule has 4 rings (SSSR count). The molecule has 8 heteroatoms. The summed E-state index contributed by atoms with van der Waals surface area (Å²) in [7, 11) is 0. The van der Waals surface area contributed by atoms with Crippen LogP contribution in [-0.2, 0) is 21.2 Å². The fourth-order valence-electron chi connectivity index (χ4n) is 4.41. The number of nitrogens with zero attached hydrogens (tertiary/aromatic N) is 1. The molecule has 1 heterocycles. The SMILES string of the molecule is Cc1ccc(C(C)(C)C)cc1/C(O)=C1\C(=O)C(=O)N(c2cccc(C(F)(F)F)c2)C1c1ccccc1F. The van der Waals surface area contributed by atoms with Gasteiger partial charge >= 0.3 is 6.18 Å². The molecule has 0 saturated carbocycles. The van der Waals surface area contributed by atoms with Gasteiger partial charge in [-0.25, -0.2) is 4.39 Å². The number of benzene rings is 3. The minimum atomic E-state index is -4.71. The van der Waals surface area contributed by atoms with E-state index in [9.17, 15) is 27.9 Å². The standard InChI is InChI=1S/C29H25F4NO3/c1-16-12-13-17(28(2,3)4)15-21(16)25(35)23-24(20-10-5-6-11-22(20)30)34(27(37)26(23)36)19-9-7-8-18(14-19)29(31,32)33/h5-15,24,35H,1-4H3/b25-23+. The number of hydrogen-bond acceptors (Lipinski definition) is 3. The number of carbonyl (C=O) groups is 2. The lowest BCUT2D eigenvalue weighted by Gasteiger charge is -2.26. The van der Waals surface area contributed by atoms with Crippen molar-refractivity contribution in [2.45, 2.75) is 45.3 Å². The Kier molecular flexibility index (Phi) is 6.48. The predicted molar refractivity (Wildman–Crippen MR) is 133 cm³/mol. The molecule has 0 spiro atoms. The molecular formula is C29H25F4NO3. The van der Waals surface area contributed by atoms with Gasteiger partial charge in [0.1, 0.15) is 11.6 Å². The van der Waals surface area contributed by atoms with Gasteiger partial charge < -0.3 is 5.11 Å². The summed E-state index contributed by atoms with van der Waals surface area (Å²) >= 11 is 0. The third kappa shape index (κ3) is 4.75. The average molecular weight is 512 g/mol. The normalized spacial score (nSPS) is 17.9. The van der Waals surface area contributed by atoms with Gasteiger partial charge in [0.15, 0.2) is 0 Å². The monoisotopic (exact) mass is 511 g/mol. The van der Waals surface area contributed by atoms with Gasteiger partial charge in [-0.1, -0.05) is 57.2 Å². The molecule has 1 unspecified atom stereocenters. The zero-order chi connectivity index (χ0) is 27.3. The molecular weight excluding hydrogens is 486 g/mol. The number of hydrogen-bond donors (Lipinski definition) is 1. The molecule has 1 N–H and O–H groups in total. The fourth-order valence-corrected chi connectivity index (χ4v) is 4.41. The maximum absolute atomic E-state index is 15.1. The number of aliphatic hydroxyl groups is 1. The fraction of sp³-hybridized carbons (Fsp3) is 0.241. The van der Waals surface area contributed by atoms with E-state index in [0.717, 1.165) is 34.7 Å². The van der Waals surface area contributed by atoms with Gasteiger partial charge in [0.25, 0.3) is 11.7 Å². The number of amides is 1. The topological polar surface area (TPSA) is 57.6 Å². The molecule has 1 atom stereocenters. The van der Waals surface area contributed by atoms with Gasteiger partial charge in [0.05, 0.1) is 17.2 Å². The van der Waals surface area contributed by atoms with E-state index in [4.69, 9.17) is 0 Å². The summed E-state index contributed by atoms with van der Waals surface area (Å²) in [5.74, 6) is -3.59. The van der Waals surface area contributed by atoms with E-state index in [2.05, 4.69) is 0 Å². The van der Waals surface area contributed by atoms with Gasteiger partial charge in [-0.3, -0.25) is 14.5 Å². The summed E-state index contributed by atoms with van der Waals surface area (Å²) in [5.41, 5.74) is -0.407. The Hall–Kier alpha value is -3.94. The molecule has 1 saturated heterocycles. The summed E-state index contributed by atoms with van der Waals surface area (Å²) < 4.78 is 55.4. The van der Waals surface area contributed by atoms with Crippen molar-refractivity contribution in [3.05, 3.63) is 106 Å². The Morgan fingerprint density at radius 2 is 1.57 bits per heavy atom. The molecule has 0 bridgehead atoms. The molecule has 192 valence electrons. The van der Waals surface area contributed by atoms with Gasteiger partial charge in [0.2, 0.25) is 0 Å². The minimum absolute atomic E-state index is 0.134. The van der Waals surface area contributed by atoms with Gasteiger partial charge in [-0.05, 0) is 53.8 Å². The molecule has 37 heavy (non-hydrogen) atoms. The molecule has 1 amide bonds. The zero-order valence-electron chi connectivity index (χ0n) is 20.7. The highest BCUT2D eigenvalue weighted by Gasteiger charge is 2.48. The number of rotatable bonds is 3. The molecule has 1 aliphatic heterocycles. The van der Waals surface area contributed by atoms with Crippen molar-refractivity contribution in [3.8, 4) is 0 Å². The molecule has 3 aromatic rings. The number of aliphatic hydroxyl groups excluding tert-OH is 1. The van der Waals surface area contributed by atoms with E-state index < -0.39 is 46.6 Å². The number of ketones is 1. The molecule has 4 nitrogen and oxygen atoms in total. The number of aryl methyl sites for hydroxylation is 1. The quantitative estimate of drug-likeness (QED) is 0.177. The van der Waals surface area contributed by atoms with Crippen molar-refractivity contribution in [1.82, 2.24) is 0 Å². The van der Waals surface area contributed by atoms with Crippen molar-refractivity contribution in [2.75, 3.05) is 4.90 Å². The Bertz CT molecular complexity index is 1430. The summed E-state index contributed by atoms with van der Waals surface area (Å²) in [6.45, 7) is 7.61. The van der Waals surface area contributed by atoms with Crippen LogP contribution in [0.3, 0.4) is 0 Å². The Morgan fingerprint density at radius 1 is 0.892 bits per heavy atom. The van der Waals surface area contributed by atoms with Crippen LogP contribution in [0.5, 0.6) is 0 Å². The summed E-state index contributed by atoms with van der Waals surface area (Å²) in [5, 5.41) is 11.4. The highest BCUT2D eigenvalue weighted by atomic mass is 19.4. The van der Waals surface area contributed by atoms with E-state index in [1.54, 1.807) is 19.1 Å². The van der Waals surface area contributed by atoms with E-state index >= 15 is 4.39 Å². The highest BCUT2D eigenvalue weighted by Crippen LogP contribution is 2.44. The smallest absolute Gasteiger partial charge is 0.416 e. The van der Waals surface area contributed by atoms with Crippen LogP contribution in [0.2, 0.25) is 0 Å². The van der Waals surface area contributed by atoms with Crippen molar-refractivity contribution in [1.29, 1.82) is 0 Å². The lowest BCUT2D eigenvalue weighted by molar-refractivity contribution is -0.137. The van der Waals surface area contributed by atoms with E-state index in [-0.39, 0.29) is 22.2 Å². The highest BCUT2D eigenvalue weighted by molar-refractivity contribution is 6.51. The second-order valence-corrected chi connectivity index (χ2v) is 10.0. The number of anilines is 1. The first-order valence-electron chi connectivity index (χ1n) is 11.6. The van der Waals surface area contributed by atoms with Crippen LogP contribution < -0.4 is 4.90 Å². The lowest BCUT2D eigenvalue weighted by Crippen LogP contribution is -2.30. The van der Waals surface area contributed by atoms with Crippen LogP contribution in [0, 0.1) is 12.7 Å². The van der Waals surface area contributed by atoms with Crippen LogP contribution >= 0.6 is 0 Å². The van der Waals surface area contributed by atoms with E-state index in [1.165, 1.54) is 24.3 Å². The van der Waals surface area contributed by atoms with Crippen molar-refractivity contribution < 1.29 is 32.3 Å². The predicted octanol–water partition coefficient (Wildman–Crippen LogP) is 7.08. The first-order chi connectivity index (χ1) is 17.2. The zero-order valence-corrected chi connectivity index (χ0v) is 20.7.